The first-order chi connectivity index (χ1) is 9.24. The average molecular weight is 261 g/mol. The van der Waals surface area contributed by atoms with Gasteiger partial charge in [-0.3, -0.25) is 0 Å². The second kappa shape index (κ2) is 6.52. The van der Waals surface area contributed by atoms with E-state index in [1.807, 2.05) is 10.6 Å². The molecule has 2 heterocycles. The summed E-state index contributed by atoms with van der Waals surface area (Å²) in [5.74, 6) is 1.02. The zero-order chi connectivity index (χ0) is 13.7. The number of aryl methyl sites for hydroxylation is 1. The predicted molar refractivity (Wildman–Crippen MR) is 78.6 cm³/mol. The Morgan fingerprint density at radius 2 is 2.05 bits per heavy atom. The lowest BCUT2D eigenvalue weighted by Gasteiger charge is -2.18. The largest absolute Gasteiger partial charge is 0.370 e. The number of hydrogen-bond donors (Lipinski definition) is 1. The van der Waals surface area contributed by atoms with E-state index in [-0.39, 0.29) is 0 Å². The molecule has 2 rings (SSSR count). The van der Waals surface area contributed by atoms with Crippen molar-refractivity contribution >= 4 is 11.5 Å². The van der Waals surface area contributed by atoms with Crippen LogP contribution in [-0.2, 0) is 0 Å². The third kappa shape index (κ3) is 3.44. The van der Waals surface area contributed by atoms with Crippen molar-refractivity contribution in [2.75, 3.05) is 31.5 Å². The highest BCUT2D eigenvalue weighted by Crippen LogP contribution is 2.12. The Balaban J connectivity index is 1.92. The average Bonchev–Trinajstić information content (AvgIpc) is 2.86. The van der Waals surface area contributed by atoms with Crippen molar-refractivity contribution in [2.24, 2.45) is 0 Å². The Morgan fingerprint density at radius 3 is 2.79 bits per heavy atom. The third-order valence-corrected chi connectivity index (χ3v) is 3.38. The third-order valence-electron chi connectivity index (χ3n) is 3.38. The van der Waals surface area contributed by atoms with Crippen LogP contribution in [0.3, 0.4) is 0 Å². The van der Waals surface area contributed by atoms with Gasteiger partial charge in [0.15, 0.2) is 5.65 Å². The van der Waals surface area contributed by atoms with E-state index in [2.05, 4.69) is 47.1 Å². The molecule has 19 heavy (non-hydrogen) atoms. The predicted octanol–water partition coefficient (Wildman–Crippen LogP) is 2.18. The molecule has 1 N–H and O–H groups in total. The van der Waals surface area contributed by atoms with Gasteiger partial charge < -0.3 is 10.2 Å². The van der Waals surface area contributed by atoms with Gasteiger partial charge >= 0.3 is 0 Å². The molecule has 0 aliphatic carbocycles. The quantitative estimate of drug-likeness (QED) is 0.776. The number of aromatic nitrogens is 3. The highest BCUT2D eigenvalue weighted by Gasteiger charge is 2.04. The second-order valence-electron chi connectivity index (χ2n) is 4.76. The van der Waals surface area contributed by atoms with E-state index in [1.54, 1.807) is 6.33 Å². The van der Waals surface area contributed by atoms with Crippen LogP contribution < -0.4 is 5.32 Å². The molecule has 0 aromatic carbocycles. The summed E-state index contributed by atoms with van der Waals surface area (Å²) in [6.45, 7) is 10.8. The minimum atomic E-state index is 0.895. The molecule has 2 aromatic rings. The van der Waals surface area contributed by atoms with Gasteiger partial charge in [-0.15, -0.1) is 0 Å². The standard InChI is InChI=1S/C14H23N5/c1-4-18(5-2)8-6-7-15-13-9-12(3)10-14-16-11-17-19(13)14/h9-11,15H,4-8H2,1-3H3. The van der Waals surface area contributed by atoms with Crippen LogP contribution in [0.5, 0.6) is 0 Å². The monoisotopic (exact) mass is 261 g/mol. The van der Waals surface area contributed by atoms with E-state index in [0.717, 1.165) is 44.1 Å². The molecule has 0 amide bonds. The van der Waals surface area contributed by atoms with Crippen LogP contribution in [0.4, 0.5) is 5.82 Å². The van der Waals surface area contributed by atoms with Gasteiger partial charge in [0.25, 0.3) is 0 Å². The Bertz CT molecular complexity index is 516. The highest BCUT2D eigenvalue weighted by atomic mass is 15.3. The van der Waals surface area contributed by atoms with Gasteiger partial charge in [-0.05, 0) is 50.7 Å². The summed E-state index contributed by atoms with van der Waals surface area (Å²) in [7, 11) is 0. The number of nitrogens with zero attached hydrogens (tertiary/aromatic N) is 4. The van der Waals surface area contributed by atoms with E-state index in [4.69, 9.17) is 0 Å². The number of anilines is 1. The van der Waals surface area contributed by atoms with Gasteiger partial charge in [-0.1, -0.05) is 13.8 Å². The molecular formula is C14H23N5. The van der Waals surface area contributed by atoms with E-state index in [1.165, 1.54) is 5.56 Å². The molecule has 0 spiro atoms. The molecular weight excluding hydrogens is 238 g/mol. The first-order valence-corrected chi connectivity index (χ1v) is 7.01. The van der Waals surface area contributed by atoms with Gasteiger partial charge in [0, 0.05) is 6.54 Å². The normalized spacial score (nSPS) is 11.4. The van der Waals surface area contributed by atoms with Crippen LogP contribution in [0.2, 0.25) is 0 Å². The molecule has 2 aromatic heterocycles. The Morgan fingerprint density at radius 1 is 1.26 bits per heavy atom. The summed E-state index contributed by atoms with van der Waals surface area (Å²) in [5, 5.41) is 7.69. The fraction of sp³-hybridized carbons (Fsp3) is 0.571. The van der Waals surface area contributed by atoms with Crippen LogP contribution >= 0.6 is 0 Å². The van der Waals surface area contributed by atoms with Crippen molar-refractivity contribution < 1.29 is 0 Å². The van der Waals surface area contributed by atoms with Crippen molar-refractivity contribution in [1.82, 2.24) is 19.5 Å². The number of pyridine rings is 1. The summed E-state index contributed by atoms with van der Waals surface area (Å²) in [6.07, 6.45) is 2.72. The summed E-state index contributed by atoms with van der Waals surface area (Å²) >= 11 is 0. The fourth-order valence-electron chi connectivity index (χ4n) is 2.24. The minimum Gasteiger partial charge on any atom is -0.370 e. The number of fused-ring (bicyclic) bond motifs is 1. The Kier molecular flexibility index (Phi) is 4.74. The molecule has 0 bridgehead atoms. The molecule has 104 valence electrons. The van der Waals surface area contributed by atoms with Crippen molar-refractivity contribution in [3.05, 3.63) is 24.0 Å². The van der Waals surface area contributed by atoms with Gasteiger partial charge in [-0.2, -0.15) is 9.61 Å². The number of rotatable bonds is 7. The molecule has 0 saturated carbocycles. The molecule has 0 fully saturated rings. The van der Waals surface area contributed by atoms with E-state index >= 15 is 0 Å². The zero-order valence-corrected chi connectivity index (χ0v) is 12.1. The first kappa shape index (κ1) is 13.8. The van der Waals surface area contributed by atoms with Crippen molar-refractivity contribution in [1.29, 1.82) is 0 Å². The van der Waals surface area contributed by atoms with Crippen molar-refractivity contribution in [3.8, 4) is 0 Å². The van der Waals surface area contributed by atoms with Crippen molar-refractivity contribution in [2.45, 2.75) is 27.2 Å². The smallest absolute Gasteiger partial charge is 0.157 e. The van der Waals surface area contributed by atoms with E-state index in [0.29, 0.717) is 0 Å². The maximum absolute atomic E-state index is 4.24. The van der Waals surface area contributed by atoms with Gasteiger partial charge in [0.05, 0.1) is 0 Å². The van der Waals surface area contributed by atoms with Gasteiger partial charge in [0.2, 0.25) is 0 Å². The van der Waals surface area contributed by atoms with Crippen LogP contribution in [-0.4, -0.2) is 45.7 Å². The molecule has 0 atom stereocenters. The number of hydrogen-bond acceptors (Lipinski definition) is 4. The molecule has 5 nitrogen and oxygen atoms in total. The Labute approximate surface area is 114 Å². The molecule has 0 aliphatic heterocycles. The molecule has 0 saturated heterocycles. The summed E-state index contributed by atoms with van der Waals surface area (Å²) in [6, 6.07) is 4.15. The molecule has 5 heteroatoms. The van der Waals surface area contributed by atoms with E-state index in [9.17, 15) is 0 Å². The van der Waals surface area contributed by atoms with Crippen LogP contribution in [0, 0.1) is 6.92 Å². The topological polar surface area (TPSA) is 45.5 Å². The Hall–Kier alpha value is -1.62. The zero-order valence-electron chi connectivity index (χ0n) is 12.1. The molecule has 0 radical (unpaired) electrons. The lowest BCUT2D eigenvalue weighted by Crippen LogP contribution is -2.25. The van der Waals surface area contributed by atoms with Crippen molar-refractivity contribution in [3.63, 3.8) is 0 Å². The molecule has 0 unspecified atom stereocenters. The summed E-state index contributed by atoms with van der Waals surface area (Å²) < 4.78 is 1.85. The van der Waals surface area contributed by atoms with E-state index < -0.39 is 0 Å². The van der Waals surface area contributed by atoms with Crippen LogP contribution in [0.25, 0.3) is 5.65 Å². The fourth-order valence-corrected chi connectivity index (χ4v) is 2.24. The maximum Gasteiger partial charge on any atom is 0.157 e. The molecule has 0 aliphatic rings. The summed E-state index contributed by atoms with van der Waals surface area (Å²) in [4.78, 5) is 6.66. The summed E-state index contributed by atoms with van der Waals surface area (Å²) in [5.41, 5.74) is 2.10. The minimum absolute atomic E-state index is 0.895. The van der Waals surface area contributed by atoms with Gasteiger partial charge in [0.1, 0.15) is 12.1 Å². The highest BCUT2D eigenvalue weighted by molar-refractivity contribution is 5.51. The first-order valence-electron chi connectivity index (χ1n) is 7.01. The lowest BCUT2D eigenvalue weighted by atomic mass is 10.3. The maximum atomic E-state index is 4.24. The van der Waals surface area contributed by atoms with Gasteiger partial charge in [-0.25, -0.2) is 4.98 Å². The van der Waals surface area contributed by atoms with Crippen LogP contribution in [0.15, 0.2) is 18.5 Å². The SMILES string of the molecule is CCN(CC)CCCNc1cc(C)cc2ncnn12. The number of nitrogens with one attached hydrogen (secondary N) is 1. The van der Waals surface area contributed by atoms with Crippen LogP contribution in [0.1, 0.15) is 25.8 Å². The lowest BCUT2D eigenvalue weighted by molar-refractivity contribution is 0.303. The second-order valence-corrected chi connectivity index (χ2v) is 4.76.